The molecule has 8 nitrogen and oxygen atoms in total. The first kappa shape index (κ1) is 21.4. The number of Topliss-reactive ketones (excluding diaryl/α,β-unsaturated/α-hetero) is 1. The van der Waals surface area contributed by atoms with Crippen molar-refractivity contribution in [2.24, 2.45) is 0 Å². The molecule has 9 heteroatoms. The van der Waals surface area contributed by atoms with E-state index in [4.69, 9.17) is 0 Å². The molecule has 0 spiro atoms. The van der Waals surface area contributed by atoms with Crippen LogP contribution in [0.5, 0.6) is 0 Å². The van der Waals surface area contributed by atoms with Crippen LogP contribution in [0.2, 0.25) is 0 Å². The molecule has 1 atom stereocenters. The summed E-state index contributed by atoms with van der Waals surface area (Å²) in [4.78, 5) is 48.3. The maximum atomic E-state index is 13.5. The minimum absolute atomic E-state index is 0.0358. The molecular formula is C23H20N4O4S. The van der Waals surface area contributed by atoms with Gasteiger partial charge < -0.3 is 10.4 Å². The summed E-state index contributed by atoms with van der Waals surface area (Å²) in [6.45, 7) is 4.92. The summed E-state index contributed by atoms with van der Waals surface area (Å²) in [5.74, 6) is -1.98. The maximum absolute atomic E-state index is 13.5. The third-order valence-corrected chi connectivity index (χ3v) is 6.07. The maximum Gasteiger partial charge on any atom is 0.294 e. The number of thiazole rings is 1. The Labute approximate surface area is 188 Å². The standard InChI is InChI=1S/C23H20N4O4S/c1-12-22(32-14(3)25-12)20(29)18-19(17-6-4-5-11-24-17)27(23(31)21(18)30)16-9-7-15(8-10-16)26-13(2)28/h4-11,19,30H,1-3H3,(H,26,28). The average molecular weight is 449 g/mol. The van der Waals surface area contributed by atoms with Crippen molar-refractivity contribution in [1.29, 1.82) is 0 Å². The first-order chi connectivity index (χ1) is 15.3. The van der Waals surface area contributed by atoms with Crippen LogP contribution in [0.15, 0.2) is 60.0 Å². The van der Waals surface area contributed by atoms with Gasteiger partial charge >= 0.3 is 0 Å². The minimum atomic E-state index is -0.912. The van der Waals surface area contributed by atoms with Crippen LogP contribution < -0.4 is 10.2 Å². The number of nitrogens with zero attached hydrogens (tertiary/aromatic N) is 3. The predicted molar refractivity (Wildman–Crippen MR) is 121 cm³/mol. The Morgan fingerprint density at radius 2 is 1.84 bits per heavy atom. The third kappa shape index (κ3) is 3.78. The van der Waals surface area contributed by atoms with Gasteiger partial charge in [0, 0.05) is 24.5 Å². The van der Waals surface area contributed by atoms with E-state index in [0.717, 1.165) is 5.01 Å². The van der Waals surface area contributed by atoms with Crippen molar-refractivity contribution < 1.29 is 19.5 Å². The Balaban J connectivity index is 1.81. The van der Waals surface area contributed by atoms with E-state index >= 15 is 0 Å². The van der Waals surface area contributed by atoms with E-state index in [1.807, 2.05) is 0 Å². The summed E-state index contributed by atoms with van der Waals surface area (Å²) in [5, 5.41) is 14.2. The van der Waals surface area contributed by atoms with E-state index in [9.17, 15) is 19.5 Å². The number of carbonyl (C=O) groups is 3. The van der Waals surface area contributed by atoms with Gasteiger partial charge in [0.2, 0.25) is 11.7 Å². The number of hydrogen-bond donors (Lipinski definition) is 2. The van der Waals surface area contributed by atoms with Crippen molar-refractivity contribution in [2.75, 3.05) is 10.2 Å². The third-order valence-electron chi connectivity index (χ3n) is 5.00. The lowest BCUT2D eigenvalue weighted by Crippen LogP contribution is -2.31. The van der Waals surface area contributed by atoms with Crippen LogP contribution >= 0.6 is 11.3 Å². The topological polar surface area (TPSA) is 112 Å². The monoisotopic (exact) mass is 448 g/mol. The highest BCUT2D eigenvalue weighted by molar-refractivity contribution is 7.14. The zero-order valence-corrected chi connectivity index (χ0v) is 18.4. The normalized spacial score (nSPS) is 15.9. The predicted octanol–water partition coefficient (Wildman–Crippen LogP) is 3.90. The Kier molecular flexibility index (Phi) is 5.58. The van der Waals surface area contributed by atoms with Gasteiger partial charge in [-0.2, -0.15) is 0 Å². The summed E-state index contributed by atoms with van der Waals surface area (Å²) in [5.41, 5.74) is 1.96. The van der Waals surface area contributed by atoms with Gasteiger partial charge in [0.05, 0.1) is 26.8 Å². The lowest BCUT2D eigenvalue weighted by Gasteiger charge is -2.26. The zero-order valence-electron chi connectivity index (χ0n) is 17.6. The molecule has 0 radical (unpaired) electrons. The van der Waals surface area contributed by atoms with Crippen molar-refractivity contribution in [2.45, 2.75) is 26.8 Å². The number of carbonyl (C=O) groups excluding carboxylic acids is 3. The van der Waals surface area contributed by atoms with Gasteiger partial charge in [-0.05, 0) is 50.2 Å². The number of pyridine rings is 1. The molecule has 1 aliphatic heterocycles. The molecule has 0 bridgehead atoms. The van der Waals surface area contributed by atoms with Gasteiger partial charge in [0.25, 0.3) is 5.91 Å². The number of aryl methyl sites for hydroxylation is 2. The second-order valence-corrected chi connectivity index (χ2v) is 8.50. The Morgan fingerprint density at radius 3 is 2.41 bits per heavy atom. The SMILES string of the molecule is CC(=O)Nc1ccc(N2C(=O)C(O)=C(C(=O)c3sc(C)nc3C)C2c2ccccn2)cc1. The van der Waals surface area contributed by atoms with Crippen molar-refractivity contribution >= 4 is 40.3 Å². The summed E-state index contributed by atoms with van der Waals surface area (Å²) >= 11 is 1.22. The first-order valence-electron chi connectivity index (χ1n) is 9.82. The van der Waals surface area contributed by atoms with Crippen LogP contribution in [-0.2, 0) is 9.59 Å². The molecule has 1 aromatic carbocycles. The largest absolute Gasteiger partial charge is 0.503 e. The number of ketones is 1. The molecule has 3 heterocycles. The van der Waals surface area contributed by atoms with Crippen molar-refractivity contribution in [1.82, 2.24) is 9.97 Å². The van der Waals surface area contributed by atoms with E-state index in [-0.39, 0.29) is 11.5 Å². The number of benzene rings is 1. The molecule has 0 saturated heterocycles. The highest BCUT2D eigenvalue weighted by Crippen LogP contribution is 2.42. The van der Waals surface area contributed by atoms with Gasteiger partial charge in [-0.15, -0.1) is 11.3 Å². The molecule has 2 N–H and O–H groups in total. The first-order valence-corrected chi connectivity index (χ1v) is 10.6. The fourth-order valence-electron chi connectivity index (χ4n) is 3.69. The van der Waals surface area contributed by atoms with Gasteiger partial charge in [-0.3, -0.25) is 24.3 Å². The van der Waals surface area contributed by atoms with Gasteiger partial charge in [-0.25, -0.2) is 4.98 Å². The summed E-state index contributed by atoms with van der Waals surface area (Å²) < 4.78 is 0. The number of anilines is 2. The van der Waals surface area contributed by atoms with E-state index < -0.39 is 23.5 Å². The van der Waals surface area contributed by atoms with Gasteiger partial charge in [0.15, 0.2) is 5.76 Å². The molecule has 2 amide bonds. The number of aliphatic hydroxyl groups excluding tert-OH is 1. The average Bonchev–Trinajstić information content (AvgIpc) is 3.24. The summed E-state index contributed by atoms with van der Waals surface area (Å²) in [6.07, 6.45) is 1.57. The van der Waals surface area contributed by atoms with E-state index in [0.29, 0.717) is 27.6 Å². The zero-order chi connectivity index (χ0) is 23.0. The lowest BCUT2D eigenvalue weighted by atomic mass is 9.98. The molecule has 0 aliphatic carbocycles. The van der Waals surface area contributed by atoms with E-state index in [2.05, 4.69) is 15.3 Å². The molecule has 3 aromatic rings. The van der Waals surface area contributed by atoms with Gasteiger partial charge in [-0.1, -0.05) is 6.07 Å². The van der Waals surface area contributed by atoms with Crippen LogP contribution in [-0.4, -0.2) is 32.7 Å². The fraction of sp³-hybridized carbons (Fsp3) is 0.174. The highest BCUT2D eigenvalue weighted by Gasteiger charge is 2.46. The molecule has 162 valence electrons. The number of aromatic nitrogens is 2. The molecule has 1 aliphatic rings. The Hall–Kier alpha value is -3.85. The molecule has 0 saturated carbocycles. The fourth-order valence-corrected chi connectivity index (χ4v) is 4.57. The Morgan fingerprint density at radius 1 is 1.12 bits per heavy atom. The van der Waals surface area contributed by atoms with E-state index in [1.165, 1.54) is 23.2 Å². The van der Waals surface area contributed by atoms with Crippen LogP contribution in [0.4, 0.5) is 11.4 Å². The van der Waals surface area contributed by atoms with Crippen molar-refractivity contribution in [3.63, 3.8) is 0 Å². The Bertz CT molecular complexity index is 1250. The van der Waals surface area contributed by atoms with Crippen LogP contribution in [0.1, 0.15) is 39.0 Å². The smallest absolute Gasteiger partial charge is 0.294 e. The van der Waals surface area contributed by atoms with Crippen molar-refractivity contribution in [3.8, 4) is 0 Å². The summed E-state index contributed by atoms with van der Waals surface area (Å²) in [6, 6.07) is 10.8. The van der Waals surface area contributed by atoms with Crippen LogP contribution in [0.3, 0.4) is 0 Å². The summed E-state index contributed by atoms with van der Waals surface area (Å²) in [7, 11) is 0. The number of rotatable bonds is 5. The second-order valence-electron chi connectivity index (χ2n) is 7.30. The van der Waals surface area contributed by atoms with Crippen LogP contribution in [0.25, 0.3) is 0 Å². The number of amides is 2. The van der Waals surface area contributed by atoms with Crippen LogP contribution in [0, 0.1) is 13.8 Å². The molecule has 32 heavy (non-hydrogen) atoms. The lowest BCUT2D eigenvalue weighted by molar-refractivity contribution is -0.117. The number of hydrogen-bond acceptors (Lipinski definition) is 7. The molecule has 1 unspecified atom stereocenters. The minimum Gasteiger partial charge on any atom is -0.503 e. The molecule has 2 aromatic heterocycles. The highest BCUT2D eigenvalue weighted by atomic mass is 32.1. The van der Waals surface area contributed by atoms with E-state index in [1.54, 1.807) is 62.5 Å². The van der Waals surface area contributed by atoms with Crippen molar-refractivity contribution in [3.05, 3.63) is 81.3 Å². The molecule has 4 rings (SSSR count). The molecular weight excluding hydrogens is 428 g/mol. The van der Waals surface area contributed by atoms with Gasteiger partial charge in [0.1, 0.15) is 6.04 Å². The quantitative estimate of drug-likeness (QED) is 0.573. The second kappa shape index (κ2) is 8.35. The number of nitrogens with one attached hydrogen (secondary N) is 1. The number of aliphatic hydroxyl groups is 1. The molecule has 0 fully saturated rings.